The Bertz CT molecular complexity index is 1350. The van der Waals surface area contributed by atoms with E-state index in [1.54, 1.807) is 17.1 Å². The predicted octanol–water partition coefficient (Wildman–Crippen LogP) is 2.28. The normalized spacial score (nSPS) is 14.9. The number of nitrogens with zero attached hydrogens (tertiary/aromatic N) is 7. The second-order valence-electron chi connectivity index (χ2n) is 7.93. The number of hydrogen-bond acceptors (Lipinski definition) is 6. The summed E-state index contributed by atoms with van der Waals surface area (Å²) in [4.78, 5) is 26.4. The molecule has 0 saturated carbocycles. The van der Waals surface area contributed by atoms with Crippen molar-refractivity contribution in [3.8, 4) is 11.4 Å². The highest BCUT2D eigenvalue weighted by Gasteiger charge is 2.28. The number of pyridine rings is 1. The van der Waals surface area contributed by atoms with E-state index in [1.807, 2.05) is 46.5 Å². The molecular weight excluding hydrogens is 523 g/mol. The maximum Gasteiger partial charge on any atom is 0.327 e. The zero-order chi connectivity index (χ0) is 22.4. The van der Waals surface area contributed by atoms with Gasteiger partial charge in [-0.05, 0) is 25.0 Å². The van der Waals surface area contributed by atoms with Gasteiger partial charge in [0.05, 0.1) is 40.1 Å². The molecular formula is C20H23IN10O. The molecule has 0 unspecified atom stereocenters. The Kier molecular flexibility index (Phi) is 5.23. The maximum absolute atomic E-state index is 12.5. The fraction of sp³-hybridized carbons (Fsp3) is 0.350. The first-order chi connectivity index (χ1) is 15.5. The Morgan fingerprint density at radius 3 is 2.78 bits per heavy atom. The topological polar surface area (TPSA) is 125 Å². The maximum atomic E-state index is 12.5. The number of fused-ring (bicyclic) bond motifs is 1. The van der Waals surface area contributed by atoms with E-state index in [-0.39, 0.29) is 11.7 Å². The van der Waals surface area contributed by atoms with E-state index < -0.39 is 0 Å². The van der Waals surface area contributed by atoms with Gasteiger partial charge in [0.15, 0.2) is 11.5 Å². The van der Waals surface area contributed by atoms with E-state index in [0.717, 1.165) is 35.6 Å². The van der Waals surface area contributed by atoms with Gasteiger partial charge >= 0.3 is 5.69 Å². The third kappa shape index (κ3) is 3.38. The molecule has 3 N–H and O–H groups in total. The summed E-state index contributed by atoms with van der Waals surface area (Å²) >= 11 is 2.07. The summed E-state index contributed by atoms with van der Waals surface area (Å²) in [7, 11) is 3.79. The number of aromatic nitrogens is 7. The number of hydrogen-bond donors (Lipinski definition) is 3. The molecule has 12 heteroatoms. The second-order valence-corrected chi connectivity index (χ2v) is 8.47. The molecule has 0 aromatic carbocycles. The highest BCUT2D eigenvalue weighted by Crippen LogP contribution is 2.29. The van der Waals surface area contributed by atoms with Crippen molar-refractivity contribution >= 4 is 45.7 Å². The van der Waals surface area contributed by atoms with Gasteiger partial charge in [0.25, 0.3) is 0 Å². The van der Waals surface area contributed by atoms with Crippen LogP contribution in [0.1, 0.15) is 24.6 Å². The van der Waals surface area contributed by atoms with Gasteiger partial charge in [-0.3, -0.25) is 19.6 Å². The van der Waals surface area contributed by atoms with Gasteiger partial charge in [-0.1, -0.05) is 0 Å². The summed E-state index contributed by atoms with van der Waals surface area (Å²) in [5.41, 5.74) is 2.81. The average molecular weight is 546 g/mol. The Morgan fingerprint density at radius 2 is 2.09 bits per heavy atom. The molecule has 0 bridgehead atoms. The minimum Gasteiger partial charge on any atom is -0.355 e. The van der Waals surface area contributed by atoms with Crippen molar-refractivity contribution in [2.75, 3.05) is 16.6 Å². The van der Waals surface area contributed by atoms with Crippen molar-refractivity contribution in [2.24, 2.45) is 14.1 Å². The molecule has 4 aromatic heterocycles. The Labute approximate surface area is 197 Å². The van der Waals surface area contributed by atoms with E-state index >= 15 is 0 Å². The molecule has 0 spiro atoms. The SMILES string of the molecule is Cn1cc(-c2nc(C(=N)N3CCC(n4c(=O)[nH]c5ncccc54)CC3)c(NI)n2C)cn1. The molecule has 1 fully saturated rings. The van der Waals surface area contributed by atoms with Gasteiger partial charge in [-0.25, -0.2) is 14.8 Å². The van der Waals surface area contributed by atoms with Crippen molar-refractivity contribution in [3.05, 3.63) is 46.9 Å². The van der Waals surface area contributed by atoms with Crippen LogP contribution in [-0.4, -0.2) is 57.7 Å². The number of halogens is 1. The number of aryl methyl sites for hydroxylation is 1. The largest absolute Gasteiger partial charge is 0.355 e. The lowest BCUT2D eigenvalue weighted by atomic mass is 10.0. The number of piperidine rings is 1. The van der Waals surface area contributed by atoms with Crippen LogP contribution in [0.15, 0.2) is 35.5 Å². The van der Waals surface area contributed by atoms with Crippen LogP contribution in [0.2, 0.25) is 0 Å². The van der Waals surface area contributed by atoms with Crippen LogP contribution in [-0.2, 0) is 14.1 Å². The summed E-state index contributed by atoms with van der Waals surface area (Å²) in [6.45, 7) is 1.34. The second kappa shape index (κ2) is 8.07. The van der Waals surface area contributed by atoms with Crippen molar-refractivity contribution in [2.45, 2.75) is 18.9 Å². The van der Waals surface area contributed by atoms with Crippen LogP contribution >= 0.6 is 22.9 Å². The monoisotopic (exact) mass is 546 g/mol. The van der Waals surface area contributed by atoms with Crippen LogP contribution in [0.3, 0.4) is 0 Å². The fourth-order valence-electron chi connectivity index (χ4n) is 4.39. The summed E-state index contributed by atoms with van der Waals surface area (Å²) in [6.07, 6.45) is 6.88. The predicted molar refractivity (Wildman–Crippen MR) is 130 cm³/mol. The van der Waals surface area contributed by atoms with Gasteiger partial charge < -0.3 is 13.0 Å². The molecule has 4 aromatic rings. The third-order valence-corrected chi connectivity index (χ3v) is 6.52. The lowest BCUT2D eigenvalue weighted by Gasteiger charge is -2.33. The Morgan fingerprint density at radius 1 is 1.31 bits per heavy atom. The number of likely N-dealkylation sites (tertiary alicyclic amines) is 1. The number of imidazole rings is 2. The summed E-state index contributed by atoms with van der Waals surface area (Å²) in [5.74, 6) is 1.90. The molecule has 0 atom stereocenters. The van der Waals surface area contributed by atoms with Crippen molar-refractivity contribution in [1.29, 1.82) is 5.41 Å². The lowest BCUT2D eigenvalue weighted by molar-refractivity contribution is 0.266. The van der Waals surface area contributed by atoms with Crippen LogP contribution in [0, 0.1) is 5.41 Å². The average Bonchev–Trinajstić information content (AvgIpc) is 3.47. The third-order valence-electron chi connectivity index (χ3n) is 6.01. The molecule has 166 valence electrons. The highest BCUT2D eigenvalue weighted by atomic mass is 127. The lowest BCUT2D eigenvalue weighted by Crippen LogP contribution is -2.40. The minimum atomic E-state index is -0.130. The van der Waals surface area contributed by atoms with Gasteiger partial charge in [-0.15, -0.1) is 0 Å². The molecule has 1 saturated heterocycles. The summed E-state index contributed by atoms with van der Waals surface area (Å²) in [5, 5.41) is 13.1. The van der Waals surface area contributed by atoms with E-state index in [9.17, 15) is 4.79 Å². The van der Waals surface area contributed by atoms with Crippen molar-refractivity contribution in [1.82, 2.24) is 38.8 Å². The number of aromatic amines is 1. The zero-order valence-electron chi connectivity index (χ0n) is 17.7. The van der Waals surface area contributed by atoms with Crippen LogP contribution in [0.5, 0.6) is 0 Å². The van der Waals surface area contributed by atoms with Gasteiger partial charge in [0, 0.05) is 45.6 Å². The molecule has 1 aliphatic heterocycles. The van der Waals surface area contributed by atoms with E-state index in [2.05, 4.69) is 41.5 Å². The van der Waals surface area contributed by atoms with Gasteiger partial charge in [0.2, 0.25) is 0 Å². The number of nitrogens with one attached hydrogen (secondary N) is 3. The number of anilines is 1. The van der Waals surface area contributed by atoms with Crippen molar-refractivity contribution < 1.29 is 0 Å². The fourth-order valence-corrected chi connectivity index (χ4v) is 5.00. The first-order valence-electron chi connectivity index (χ1n) is 10.3. The Balaban J connectivity index is 1.38. The molecule has 11 nitrogen and oxygen atoms in total. The summed E-state index contributed by atoms with van der Waals surface area (Å²) in [6, 6.07) is 3.83. The quantitative estimate of drug-likeness (QED) is 0.156. The van der Waals surface area contributed by atoms with Crippen molar-refractivity contribution in [3.63, 3.8) is 0 Å². The first kappa shape index (κ1) is 20.7. The van der Waals surface area contributed by atoms with Crippen LogP contribution in [0.25, 0.3) is 22.6 Å². The Hall–Kier alpha value is -3.16. The minimum absolute atomic E-state index is 0.0707. The summed E-state index contributed by atoms with van der Waals surface area (Å²) < 4.78 is 8.64. The van der Waals surface area contributed by atoms with Gasteiger partial charge in [0.1, 0.15) is 17.3 Å². The molecule has 0 radical (unpaired) electrons. The molecule has 5 heterocycles. The zero-order valence-corrected chi connectivity index (χ0v) is 19.9. The van der Waals surface area contributed by atoms with E-state index in [0.29, 0.717) is 30.3 Å². The van der Waals surface area contributed by atoms with E-state index in [4.69, 9.17) is 10.4 Å². The number of H-pyrrole nitrogens is 1. The highest BCUT2D eigenvalue weighted by molar-refractivity contribution is 14.1. The van der Waals surface area contributed by atoms with E-state index in [1.165, 1.54) is 0 Å². The first-order valence-corrected chi connectivity index (χ1v) is 11.4. The molecule has 0 aliphatic carbocycles. The smallest absolute Gasteiger partial charge is 0.327 e. The van der Waals surface area contributed by atoms with Crippen LogP contribution in [0.4, 0.5) is 5.82 Å². The molecule has 0 amide bonds. The van der Waals surface area contributed by atoms with Gasteiger partial charge in [-0.2, -0.15) is 5.10 Å². The molecule has 5 rings (SSSR count). The number of amidine groups is 1. The standard InChI is InChI=1S/C20H23IN10O/c1-28-11-12(10-24-28)18-25-15(19(27-21)29(18)2)16(22)30-8-5-13(6-9-30)31-14-4-3-7-23-17(14)26-20(31)32/h3-4,7,10-11,13,22,27H,5-6,8-9H2,1-2H3,(H,23,26,32). The number of rotatable bonds is 4. The molecule has 32 heavy (non-hydrogen) atoms. The molecule has 1 aliphatic rings. The van der Waals surface area contributed by atoms with Crippen LogP contribution < -0.4 is 9.22 Å².